The summed E-state index contributed by atoms with van der Waals surface area (Å²) in [5, 5.41) is 13.1. The molecule has 1 heterocycles. The minimum Gasteiger partial charge on any atom is -0.350 e. The van der Waals surface area contributed by atoms with E-state index in [1.807, 2.05) is 61.5 Å². The van der Waals surface area contributed by atoms with Crippen LogP contribution in [0.1, 0.15) is 69.1 Å². The van der Waals surface area contributed by atoms with Gasteiger partial charge in [-0.3, -0.25) is 9.59 Å². The Morgan fingerprint density at radius 2 is 1.82 bits per heavy atom. The Kier molecular flexibility index (Phi) is 8.87. The number of amides is 2. The highest BCUT2D eigenvalue weighted by Gasteiger charge is 2.36. The molecule has 0 spiro atoms. The van der Waals surface area contributed by atoms with E-state index in [-0.39, 0.29) is 23.8 Å². The number of carbonyl (C=O) groups excluding carboxylic acids is 2. The molecule has 2 amide bonds. The van der Waals surface area contributed by atoms with Gasteiger partial charge in [0.15, 0.2) is 0 Å². The lowest BCUT2D eigenvalue weighted by Crippen LogP contribution is -2.45. The number of rotatable bonds is 10. The summed E-state index contributed by atoms with van der Waals surface area (Å²) in [5.41, 5.74) is 2.74. The highest BCUT2D eigenvalue weighted by atomic mass is 16.2. The van der Waals surface area contributed by atoms with Gasteiger partial charge in [0.1, 0.15) is 6.04 Å². The molecule has 1 saturated heterocycles. The normalized spacial score (nSPS) is 17.3. The van der Waals surface area contributed by atoms with Gasteiger partial charge in [-0.25, -0.2) is 0 Å². The van der Waals surface area contributed by atoms with Gasteiger partial charge in [-0.1, -0.05) is 74.9 Å². The molecule has 2 aromatic rings. The molecule has 0 bridgehead atoms. The molecule has 2 atom stereocenters. The molecule has 1 aliphatic heterocycles. The largest absolute Gasteiger partial charge is 0.350 e. The topological polar surface area (TPSA) is 73.2 Å². The Morgan fingerprint density at radius 1 is 1.12 bits per heavy atom. The second kappa shape index (κ2) is 11.8. The summed E-state index contributed by atoms with van der Waals surface area (Å²) in [5.74, 6) is 0.150. The molecule has 3 rings (SSSR count). The minimum absolute atomic E-state index is 0.0420. The van der Waals surface area contributed by atoms with Crippen molar-refractivity contribution in [3.05, 3.63) is 71.3 Å². The smallest absolute Gasteiger partial charge is 0.243 e. The molecular weight excluding hydrogens is 422 g/mol. The van der Waals surface area contributed by atoms with Crippen LogP contribution in [-0.4, -0.2) is 29.3 Å². The second-order valence-electron chi connectivity index (χ2n) is 9.70. The van der Waals surface area contributed by atoms with E-state index >= 15 is 0 Å². The average Bonchev–Trinajstić information content (AvgIpc) is 3.34. The standard InChI is InChI=1S/C29H37N3O2/c1-22(2)29(21-30,25-14-5-4-6-15-25)18-10-9-17-27(33)32-19-11-16-26(32)28(34)31-20-24-13-8-7-12-23(24)3/h4-8,12-15,22,26H,9-11,16-20H2,1-3H3,(H,31,34)/t26-,29+/m1/s1. The summed E-state index contributed by atoms with van der Waals surface area (Å²) in [6.45, 7) is 7.33. The first kappa shape index (κ1) is 25.5. The predicted molar refractivity (Wildman–Crippen MR) is 135 cm³/mol. The Labute approximate surface area is 204 Å². The number of hydrogen-bond donors (Lipinski definition) is 1. The first-order chi connectivity index (χ1) is 16.4. The van der Waals surface area contributed by atoms with Crippen molar-refractivity contribution in [1.82, 2.24) is 10.2 Å². The Balaban J connectivity index is 1.52. The lowest BCUT2D eigenvalue weighted by atomic mass is 9.69. The Hall–Kier alpha value is -3.13. The lowest BCUT2D eigenvalue weighted by molar-refractivity contribution is -0.138. The van der Waals surface area contributed by atoms with Crippen molar-refractivity contribution in [3.63, 3.8) is 0 Å². The average molecular weight is 460 g/mol. The maximum atomic E-state index is 13.0. The van der Waals surface area contributed by atoms with Crippen LogP contribution in [0.15, 0.2) is 54.6 Å². The summed E-state index contributed by atoms with van der Waals surface area (Å²) < 4.78 is 0. The summed E-state index contributed by atoms with van der Waals surface area (Å²) in [6, 6.07) is 20.2. The van der Waals surface area contributed by atoms with E-state index < -0.39 is 5.41 Å². The van der Waals surface area contributed by atoms with E-state index in [0.29, 0.717) is 25.9 Å². The minimum atomic E-state index is -0.546. The molecule has 1 N–H and O–H groups in total. The molecule has 1 fully saturated rings. The van der Waals surface area contributed by atoms with Gasteiger partial charge in [0.05, 0.1) is 11.5 Å². The highest BCUT2D eigenvalue weighted by Crippen LogP contribution is 2.37. The number of carbonyl (C=O) groups is 2. The molecule has 0 saturated carbocycles. The van der Waals surface area contributed by atoms with Crippen LogP contribution < -0.4 is 5.32 Å². The summed E-state index contributed by atoms with van der Waals surface area (Å²) in [7, 11) is 0. The van der Waals surface area contributed by atoms with Gasteiger partial charge in [-0.15, -0.1) is 0 Å². The molecule has 0 unspecified atom stereocenters. The quantitative estimate of drug-likeness (QED) is 0.491. The van der Waals surface area contributed by atoms with Gasteiger partial charge in [0.2, 0.25) is 11.8 Å². The lowest BCUT2D eigenvalue weighted by Gasteiger charge is -2.31. The van der Waals surface area contributed by atoms with Crippen molar-refractivity contribution < 1.29 is 9.59 Å². The van der Waals surface area contributed by atoms with Crippen LogP contribution in [0.3, 0.4) is 0 Å². The van der Waals surface area contributed by atoms with Gasteiger partial charge in [-0.05, 0) is 55.2 Å². The molecule has 0 aliphatic carbocycles. The van der Waals surface area contributed by atoms with Gasteiger partial charge in [0.25, 0.3) is 0 Å². The fraction of sp³-hybridized carbons (Fsp3) is 0.483. The molecule has 180 valence electrons. The highest BCUT2D eigenvalue weighted by molar-refractivity contribution is 5.88. The zero-order valence-corrected chi connectivity index (χ0v) is 20.7. The monoisotopic (exact) mass is 459 g/mol. The zero-order chi connectivity index (χ0) is 24.6. The SMILES string of the molecule is Cc1ccccc1CNC(=O)[C@H]1CCCN1C(=O)CCCC[C@@](C#N)(c1ccccc1)C(C)C. The van der Waals surface area contributed by atoms with E-state index in [9.17, 15) is 14.9 Å². The molecule has 0 aromatic heterocycles. The number of unbranched alkanes of at least 4 members (excludes halogenated alkanes) is 1. The number of likely N-dealkylation sites (tertiary alicyclic amines) is 1. The zero-order valence-electron chi connectivity index (χ0n) is 20.7. The van der Waals surface area contributed by atoms with Crippen LogP contribution in [0, 0.1) is 24.2 Å². The Morgan fingerprint density at radius 3 is 2.50 bits per heavy atom. The van der Waals surface area contributed by atoms with Crippen molar-refractivity contribution in [2.24, 2.45) is 5.92 Å². The van der Waals surface area contributed by atoms with E-state index in [2.05, 4.69) is 25.2 Å². The number of nitrogens with one attached hydrogen (secondary N) is 1. The number of aryl methyl sites for hydroxylation is 1. The maximum absolute atomic E-state index is 13.0. The molecular formula is C29H37N3O2. The van der Waals surface area contributed by atoms with Crippen LogP contribution in [-0.2, 0) is 21.5 Å². The van der Waals surface area contributed by atoms with Crippen LogP contribution in [0.25, 0.3) is 0 Å². The van der Waals surface area contributed by atoms with Crippen molar-refractivity contribution in [2.75, 3.05) is 6.54 Å². The fourth-order valence-electron chi connectivity index (χ4n) is 5.02. The molecule has 34 heavy (non-hydrogen) atoms. The van der Waals surface area contributed by atoms with Gasteiger partial charge in [-0.2, -0.15) is 5.26 Å². The first-order valence-corrected chi connectivity index (χ1v) is 12.5. The molecule has 1 aliphatic rings. The van der Waals surface area contributed by atoms with E-state index in [4.69, 9.17) is 0 Å². The Bertz CT molecular complexity index is 1010. The molecule has 5 nitrogen and oxygen atoms in total. The summed E-state index contributed by atoms with van der Waals surface area (Å²) in [6.07, 6.45) is 4.21. The van der Waals surface area contributed by atoms with Crippen molar-refractivity contribution in [2.45, 2.75) is 77.3 Å². The maximum Gasteiger partial charge on any atom is 0.243 e. The van der Waals surface area contributed by atoms with Gasteiger partial charge < -0.3 is 10.2 Å². The third kappa shape index (κ3) is 5.86. The van der Waals surface area contributed by atoms with Crippen LogP contribution in [0.5, 0.6) is 0 Å². The van der Waals surface area contributed by atoms with Crippen molar-refractivity contribution in [1.29, 1.82) is 5.26 Å². The number of nitriles is 1. The van der Waals surface area contributed by atoms with E-state index in [1.54, 1.807) is 4.90 Å². The number of hydrogen-bond acceptors (Lipinski definition) is 3. The number of benzene rings is 2. The number of nitrogens with zero attached hydrogens (tertiary/aromatic N) is 2. The first-order valence-electron chi connectivity index (χ1n) is 12.5. The van der Waals surface area contributed by atoms with E-state index in [1.165, 1.54) is 0 Å². The molecule has 0 radical (unpaired) electrons. The van der Waals surface area contributed by atoms with Gasteiger partial charge in [0, 0.05) is 19.5 Å². The van der Waals surface area contributed by atoms with Crippen molar-refractivity contribution >= 4 is 11.8 Å². The second-order valence-corrected chi connectivity index (χ2v) is 9.70. The van der Waals surface area contributed by atoms with Crippen LogP contribution >= 0.6 is 0 Å². The predicted octanol–water partition coefficient (Wildman–Crippen LogP) is 5.28. The van der Waals surface area contributed by atoms with Crippen LogP contribution in [0.4, 0.5) is 0 Å². The third-order valence-corrected chi connectivity index (χ3v) is 7.28. The fourth-order valence-corrected chi connectivity index (χ4v) is 5.02. The summed E-state index contributed by atoms with van der Waals surface area (Å²) in [4.78, 5) is 27.6. The summed E-state index contributed by atoms with van der Waals surface area (Å²) >= 11 is 0. The van der Waals surface area contributed by atoms with Crippen molar-refractivity contribution in [3.8, 4) is 6.07 Å². The molecule has 5 heteroatoms. The van der Waals surface area contributed by atoms with Crippen LogP contribution in [0.2, 0.25) is 0 Å². The third-order valence-electron chi connectivity index (χ3n) is 7.28. The van der Waals surface area contributed by atoms with E-state index in [0.717, 1.165) is 42.4 Å². The van der Waals surface area contributed by atoms with Gasteiger partial charge >= 0.3 is 0 Å². The molecule has 2 aromatic carbocycles.